The lowest BCUT2D eigenvalue weighted by Crippen LogP contribution is -2.44. The van der Waals surface area contributed by atoms with Crippen molar-refractivity contribution >= 4 is 38.6 Å². The van der Waals surface area contributed by atoms with Crippen LogP contribution < -0.4 is 19.7 Å². The SMILES string of the molecule is COc1ccc(F)c(-c2nc(C(=O)Nc3ccccc3N3CCC(NS(C)(=O)=O)CC3)cs2)c1. The van der Waals surface area contributed by atoms with Crippen molar-refractivity contribution in [3.63, 3.8) is 0 Å². The summed E-state index contributed by atoms with van der Waals surface area (Å²) in [5.41, 5.74) is 1.94. The largest absolute Gasteiger partial charge is 0.497 e. The molecule has 2 aromatic carbocycles. The van der Waals surface area contributed by atoms with Crippen LogP contribution in [0.1, 0.15) is 23.3 Å². The molecule has 1 amide bonds. The van der Waals surface area contributed by atoms with Gasteiger partial charge < -0.3 is 15.0 Å². The first-order valence-corrected chi connectivity index (χ1v) is 13.4. The standard InChI is InChI=1S/C23H25FN4O4S2/c1-32-16-7-8-18(24)17(13-16)23-26-20(14-33-23)22(29)25-19-5-3-4-6-21(19)28-11-9-15(10-12-28)27-34(2,30)31/h3-8,13-15,27H,9-12H2,1-2H3,(H,25,29). The summed E-state index contributed by atoms with van der Waals surface area (Å²) in [7, 11) is -1.75. The van der Waals surface area contributed by atoms with E-state index in [1.165, 1.54) is 30.6 Å². The number of thiazole rings is 1. The van der Waals surface area contributed by atoms with E-state index in [1.807, 2.05) is 24.3 Å². The first kappa shape index (κ1) is 24.1. The first-order valence-electron chi connectivity index (χ1n) is 10.7. The Labute approximate surface area is 201 Å². The van der Waals surface area contributed by atoms with E-state index in [0.717, 1.165) is 11.9 Å². The van der Waals surface area contributed by atoms with Gasteiger partial charge in [0, 0.05) is 30.1 Å². The van der Waals surface area contributed by atoms with Gasteiger partial charge in [0.25, 0.3) is 5.91 Å². The van der Waals surface area contributed by atoms with Crippen LogP contribution in [0.2, 0.25) is 0 Å². The zero-order valence-electron chi connectivity index (χ0n) is 18.7. The van der Waals surface area contributed by atoms with Crippen molar-refractivity contribution in [3.8, 4) is 16.3 Å². The van der Waals surface area contributed by atoms with Crippen molar-refractivity contribution in [2.75, 3.05) is 36.7 Å². The van der Waals surface area contributed by atoms with Gasteiger partial charge in [0.1, 0.15) is 22.3 Å². The molecule has 2 N–H and O–H groups in total. The third kappa shape index (κ3) is 5.72. The predicted octanol–water partition coefficient (Wildman–Crippen LogP) is 3.73. The maximum absolute atomic E-state index is 14.3. The van der Waals surface area contributed by atoms with Gasteiger partial charge in [0.15, 0.2) is 0 Å². The number of ether oxygens (including phenoxy) is 1. The number of carbonyl (C=O) groups is 1. The fourth-order valence-electron chi connectivity index (χ4n) is 3.88. The van der Waals surface area contributed by atoms with Gasteiger partial charge >= 0.3 is 0 Å². The van der Waals surface area contributed by atoms with Crippen LogP contribution in [0.5, 0.6) is 5.75 Å². The number of halogens is 1. The zero-order valence-corrected chi connectivity index (χ0v) is 20.4. The number of sulfonamides is 1. The number of amides is 1. The minimum absolute atomic E-state index is 0.0987. The minimum Gasteiger partial charge on any atom is -0.497 e. The van der Waals surface area contributed by atoms with E-state index in [0.29, 0.717) is 42.4 Å². The van der Waals surface area contributed by atoms with Crippen LogP contribution in [0, 0.1) is 5.82 Å². The van der Waals surface area contributed by atoms with Crippen molar-refractivity contribution in [1.29, 1.82) is 0 Å². The van der Waals surface area contributed by atoms with Crippen LogP contribution >= 0.6 is 11.3 Å². The van der Waals surface area contributed by atoms with Gasteiger partial charge in [-0.2, -0.15) is 0 Å². The van der Waals surface area contributed by atoms with Crippen molar-refractivity contribution in [2.45, 2.75) is 18.9 Å². The molecule has 1 saturated heterocycles. The molecule has 0 spiro atoms. The molecule has 0 atom stereocenters. The van der Waals surface area contributed by atoms with Crippen molar-refractivity contribution in [2.24, 2.45) is 0 Å². The fourth-order valence-corrected chi connectivity index (χ4v) is 5.54. The lowest BCUT2D eigenvalue weighted by atomic mass is 10.0. The molecule has 1 fully saturated rings. The molecule has 8 nitrogen and oxygen atoms in total. The normalized spacial score (nSPS) is 14.7. The molecule has 0 bridgehead atoms. The topological polar surface area (TPSA) is 101 Å². The lowest BCUT2D eigenvalue weighted by Gasteiger charge is -2.34. The molecule has 0 unspecified atom stereocenters. The van der Waals surface area contributed by atoms with E-state index in [-0.39, 0.29) is 17.3 Å². The number of carbonyl (C=O) groups excluding carboxylic acids is 1. The monoisotopic (exact) mass is 504 g/mol. The molecule has 1 aliphatic heterocycles. The maximum Gasteiger partial charge on any atom is 0.275 e. The van der Waals surface area contributed by atoms with E-state index in [1.54, 1.807) is 11.4 Å². The van der Waals surface area contributed by atoms with Gasteiger partial charge in [0.05, 0.1) is 24.7 Å². The summed E-state index contributed by atoms with van der Waals surface area (Å²) < 4.78 is 45.1. The number of aromatic nitrogens is 1. The second-order valence-corrected chi connectivity index (χ2v) is 10.6. The molecule has 180 valence electrons. The van der Waals surface area contributed by atoms with Gasteiger partial charge in [-0.05, 0) is 43.2 Å². The Kier molecular flexibility index (Phi) is 7.15. The van der Waals surface area contributed by atoms with Gasteiger partial charge in [0.2, 0.25) is 10.0 Å². The summed E-state index contributed by atoms with van der Waals surface area (Å²) in [5, 5.41) is 4.89. The number of hydrogen-bond donors (Lipinski definition) is 2. The van der Waals surface area contributed by atoms with Crippen LogP contribution in [0.15, 0.2) is 47.8 Å². The summed E-state index contributed by atoms with van der Waals surface area (Å²) >= 11 is 1.18. The molecule has 1 aliphatic rings. The van der Waals surface area contributed by atoms with Crippen LogP contribution in [0.25, 0.3) is 10.6 Å². The van der Waals surface area contributed by atoms with Gasteiger partial charge in [-0.3, -0.25) is 4.79 Å². The summed E-state index contributed by atoms with van der Waals surface area (Å²) in [4.78, 5) is 19.4. The Morgan fingerprint density at radius 1 is 1.21 bits per heavy atom. The molecule has 3 aromatic rings. The number of para-hydroxylation sites is 2. The van der Waals surface area contributed by atoms with E-state index in [2.05, 4.69) is 19.9 Å². The number of benzene rings is 2. The molecule has 2 heterocycles. The smallest absolute Gasteiger partial charge is 0.275 e. The molecular weight excluding hydrogens is 479 g/mol. The second-order valence-electron chi connectivity index (χ2n) is 8.01. The highest BCUT2D eigenvalue weighted by atomic mass is 32.2. The van der Waals surface area contributed by atoms with Crippen molar-refractivity contribution in [1.82, 2.24) is 9.71 Å². The third-order valence-electron chi connectivity index (χ3n) is 5.51. The second kappa shape index (κ2) is 10.1. The molecule has 0 aliphatic carbocycles. The predicted molar refractivity (Wildman–Crippen MR) is 132 cm³/mol. The first-order chi connectivity index (χ1) is 16.2. The number of rotatable bonds is 7. The lowest BCUT2D eigenvalue weighted by molar-refractivity contribution is 0.102. The number of hydrogen-bond acceptors (Lipinski definition) is 7. The van der Waals surface area contributed by atoms with Crippen LogP contribution in [-0.4, -0.2) is 51.8 Å². The molecule has 0 radical (unpaired) electrons. The number of piperidine rings is 1. The van der Waals surface area contributed by atoms with Crippen molar-refractivity contribution in [3.05, 3.63) is 59.4 Å². The fraction of sp³-hybridized carbons (Fsp3) is 0.304. The molecular formula is C23H25FN4O4S2. The quantitative estimate of drug-likeness (QED) is 0.509. The van der Waals surface area contributed by atoms with E-state index in [4.69, 9.17) is 4.74 Å². The number of nitrogens with zero attached hydrogens (tertiary/aromatic N) is 2. The van der Waals surface area contributed by atoms with Crippen LogP contribution in [0.4, 0.5) is 15.8 Å². The van der Waals surface area contributed by atoms with Crippen LogP contribution in [-0.2, 0) is 10.0 Å². The summed E-state index contributed by atoms with van der Waals surface area (Å²) in [6.45, 7) is 1.30. The third-order valence-corrected chi connectivity index (χ3v) is 7.15. The Hall–Kier alpha value is -3.02. The highest BCUT2D eigenvalue weighted by Gasteiger charge is 2.24. The average Bonchev–Trinajstić information content (AvgIpc) is 3.30. The summed E-state index contributed by atoms with van der Waals surface area (Å²) in [6, 6.07) is 11.7. The van der Waals surface area contributed by atoms with E-state index in [9.17, 15) is 17.6 Å². The average molecular weight is 505 g/mol. The molecule has 34 heavy (non-hydrogen) atoms. The van der Waals surface area contributed by atoms with E-state index >= 15 is 0 Å². The number of nitrogens with one attached hydrogen (secondary N) is 2. The summed E-state index contributed by atoms with van der Waals surface area (Å²) in [6.07, 6.45) is 2.49. The van der Waals surface area contributed by atoms with Crippen LogP contribution in [0.3, 0.4) is 0 Å². The highest BCUT2D eigenvalue weighted by Crippen LogP contribution is 2.31. The molecule has 4 rings (SSSR count). The Morgan fingerprint density at radius 2 is 1.94 bits per heavy atom. The number of methoxy groups -OCH3 is 1. The zero-order chi connectivity index (χ0) is 24.3. The Morgan fingerprint density at radius 3 is 2.65 bits per heavy atom. The molecule has 11 heteroatoms. The Balaban J connectivity index is 1.47. The highest BCUT2D eigenvalue weighted by molar-refractivity contribution is 7.88. The molecule has 0 saturated carbocycles. The molecule has 1 aromatic heterocycles. The van der Waals surface area contributed by atoms with Gasteiger partial charge in [-0.15, -0.1) is 11.3 Å². The summed E-state index contributed by atoms with van der Waals surface area (Å²) in [5.74, 6) is -0.338. The maximum atomic E-state index is 14.3. The minimum atomic E-state index is -3.25. The van der Waals surface area contributed by atoms with E-state index < -0.39 is 21.7 Å². The van der Waals surface area contributed by atoms with Gasteiger partial charge in [-0.1, -0.05) is 12.1 Å². The van der Waals surface area contributed by atoms with Crippen molar-refractivity contribution < 1.29 is 22.3 Å². The Bertz CT molecular complexity index is 1290. The number of anilines is 2. The van der Waals surface area contributed by atoms with Gasteiger partial charge in [-0.25, -0.2) is 22.5 Å².